The number of aromatic nitrogens is 1. The minimum Gasteiger partial charge on any atom is -0.488 e. The zero-order valence-electron chi connectivity index (χ0n) is 12.8. The van der Waals surface area contributed by atoms with E-state index in [0.717, 1.165) is 27.7 Å². The fourth-order valence-electron chi connectivity index (χ4n) is 2.02. The van der Waals surface area contributed by atoms with Gasteiger partial charge in [-0.25, -0.2) is 4.98 Å². The molecule has 0 aliphatic carbocycles. The summed E-state index contributed by atoms with van der Waals surface area (Å²) in [5, 5.41) is 6.99. The second kappa shape index (κ2) is 7.56. The van der Waals surface area contributed by atoms with E-state index in [1.165, 1.54) is 11.3 Å². The topological polar surface area (TPSA) is 46.5 Å². The van der Waals surface area contributed by atoms with Crippen molar-refractivity contribution in [2.45, 2.75) is 13.5 Å². The molecule has 0 fully saturated rings. The van der Waals surface area contributed by atoms with E-state index in [0.29, 0.717) is 6.61 Å². The average Bonchev–Trinajstić information content (AvgIpc) is 3.00. The molecule has 5 heteroatoms. The van der Waals surface area contributed by atoms with Crippen molar-refractivity contribution in [1.29, 1.82) is 0 Å². The van der Waals surface area contributed by atoms with Gasteiger partial charge in [-0.3, -0.25) is 5.43 Å². The van der Waals surface area contributed by atoms with Gasteiger partial charge in [-0.2, -0.15) is 5.10 Å². The quantitative estimate of drug-likeness (QED) is 0.537. The Labute approximate surface area is 139 Å². The van der Waals surface area contributed by atoms with E-state index in [1.54, 1.807) is 6.21 Å². The molecule has 0 bridgehead atoms. The van der Waals surface area contributed by atoms with Crippen LogP contribution in [0.4, 0.5) is 5.13 Å². The molecule has 0 radical (unpaired) electrons. The standard InChI is InChI=1S/C18H17N3OS/c1-14-13-23-18(20-14)21-19-11-16-9-5-6-10-17(16)22-12-15-7-3-2-4-8-15/h2-11,13H,12H2,1H3,(H,20,21). The third kappa shape index (κ3) is 4.40. The fraction of sp³-hybridized carbons (Fsp3) is 0.111. The van der Waals surface area contributed by atoms with Crippen LogP contribution in [-0.2, 0) is 6.61 Å². The molecule has 0 aliphatic heterocycles. The largest absolute Gasteiger partial charge is 0.488 e. The van der Waals surface area contributed by atoms with Gasteiger partial charge in [0, 0.05) is 10.9 Å². The van der Waals surface area contributed by atoms with Crippen LogP contribution in [-0.4, -0.2) is 11.2 Å². The van der Waals surface area contributed by atoms with Crippen LogP contribution < -0.4 is 10.2 Å². The molecule has 0 unspecified atom stereocenters. The van der Waals surface area contributed by atoms with Crippen LogP contribution in [0.25, 0.3) is 0 Å². The summed E-state index contributed by atoms with van der Waals surface area (Å²) in [4.78, 5) is 4.30. The zero-order valence-corrected chi connectivity index (χ0v) is 13.6. The molecule has 0 atom stereocenters. The van der Waals surface area contributed by atoms with Gasteiger partial charge in [0.15, 0.2) is 0 Å². The second-order valence-corrected chi connectivity index (χ2v) is 5.83. The Bertz CT molecular complexity index is 784. The minimum atomic E-state index is 0.533. The summed E-state index contributed by atoms with van der Waals surface area (Å²) in [7, 11) is 0. The number of nitrogens with one attached hydrogen (secondary N) is 1. The van der Waals surface area contributed by atoms with Gasteiger partial charge in [0.05, 0.1) is 11.9 Å². The first kappa shape index (κ1) is 15.2. The maximum Gasteiger partial charge on any atom is 0.203 e. The van der Waals surface area contributed by atoms with Gasteiger partial charge in [-0.15, -0.1) is 11.3 Å². The van der Waals surface area contributed by atoms with E-state index >= 15 is 0 Å². The van der Waals surface area contributed by atoms with Crippen molar-refractivity contribution in [3.05, 3.63) is 76.8 Å². The number of benzene rings is 2. The van der Waals surface area contributed by atoms with Gasteiger partial charge in [0.2, 0.25) is 5.13 Å². The smallest absolute Gasteiger partial charge is 0.203 e. The lowest BCUT2D eigenvalue weighted by atomic mass is 10.2. The molecule has 2 aromatic carbocycles. The average molecular weight is 323 g/mol. The van der Waals surface area contributed by atoms with Crippen LogP contribution in [0.5, 0.6) is 5.75 Å². The highest BCUT2D eigenvalue weighted by Crippen LogP contribution is 2.18. The first-order valence-electron chi connectivity index (χ1n) is 7.28. The summed E-state index contributed by atoms with van der Waals surface area (Å²) in [6, 6.07) is 17.9. The fourth-order valence-corrected chi connectivity index (χ4v) is 2.65. The highest BCUT2D eigenvalue weighted by molar-refractivity contribution is 7.13. The molecule has 1 heterocycles. The van der Waals surface area contributed by atoms with Gasteiger partial charge >= 0.3 is 0 Å². The first-order chi connectivity index (χ1) is 11.3. The van der Waals surface area contributed by atoms with Crippen molar-refractivity contribution in [3.8, 4) is 5.75 Å². The predicted octanol–water partition coefficient (Wildman–Crippen LogP) is 4.48. The molecular formula is C18H17N3OS. The van der Waals surface area contributed by atoms with Crippen molar-refractivity contribution < 1.29 is 4.74 Å². The van der Waals surface area contributed by atoms with Gasteiger partial charge in [0.25, 0.3) is 0 Å². The number of para-hydroxylation sites is 1. The molecule has 23 heavy (non-hydrogen) atoms. The third-order valence-corrected chi connectivity index (χ3v) is 4.00. The minimum absolute atomic E-state index is 0.533. The van der Waals surface area contributed by atoms with E-state index in [4.69, 9.17) is 4.74 Å². The van der Waals surface area contributed by atoms with Gasteiger partial charge < -0.3 is 4.74 Å². The summed E-state index contributed by atoms with van der Waals surface area (Å²) in [6.07, 6.45) is 1.75. The Morgan fingerprint density at radius 3 is 2.70 bits per heavy atom. The molecule has 0 saturated heterocycles. The van der Waals surface area contributed by atoms with Crippen molar-refractivity contribution in [2.24, 2.45) is 5.10 Å². The SMILES string of the molecule is Cc1csc(NN=Cc2ccccc2OCc2ccccc2)n1. The molecule has 4 nitrogen and oxygen atoms in total. The Morgan fingerprint density at radius 2 is 1.91 bits per heavy atom. The molecule has 0 aliphatic rings. The number of thiazole rings is 1. The number of nitrogens with zero attached hydrogens (tertiary/aromatic N) is 2. The molecule has 116 valence electrons. The summed E-state index contributed by atoms with van der Waals surface area (Å²) in [5.41, 5.74) is 5.98. The van der Waals surface area contributed by atoms with Gasteiger partial charge in [0.1, 0.15) is 12.4 Å². The summed E-state index contributed by atoms with van der Waals surface area (Å²) < 4.78 is 5.90. The number of aryl methyl sites for hydroxylation is 1. The summed E-state index contributed by atoms with van der Waals surface area (Å²) >= 11 is 1.53. The van der Waals surface area contributed by atoms with Gasteiger partial charge in [-0.05, 0) is 24.6 Å². The maximum absolute atomic E-state index is 5.90. The number of hydrogen-bond acceptors (Lipinski definition) is 5. The lowest BCUT2D eigenvalue weighted by Crippen LogP contribution is -1.99. The van der Waals surface area contributed by atoms with E-state index in [9.17, 15) is 0 Å². The van der Waals surface area contributed by atoms with E-state index < -0.39 is 0 Å². The lowest BCUT2D eigenvalue weighted by Gasteiger charge is -2.08. The lowest BCUT2D eigenvalue weighted by molar-refractivity contribution is 0.306. The van der Waals surface area contributed by atoms with Crippen LogP contribution in [0.15, 0.2) is 65.1 Å². The molecular weight excluding hydrogens is 306 g/mol. The molecule has 0 saturated carbocycles. The number of anilines is 1. The summed E-state index contributed by atoms with van der Waals surface area (Å²) in [5.74, 6) is 0.803. The van der Waals surface area contributed by atoms with Crippen LogP contribution in [0.3, 0.4) is 0 Å². The van der Waals surface area contributed by atoms with Crippen molar-refractivity contribution in [3.63, 3.8) is 0 Å². The number of rotatable bonds is 6. The molecule has 1 aromatic heterocycles. The number of hydrazone groups is 1. The molecule has 3 aromatic rings. The van der Waals surface area contributed by atoms with Crippen LogP contribution in [0, 0.1) is 6.92 Å². The summed E-state index contributed by atoms with van der Waals surface area (Å²) in [6.45, 7) is 2.49. The van der Waals surface area contributed by atoms with Crippen LogP contribution in [0.2, 0.25) is 0 Å². The highest BCUT2D eigenvalue weighted by Gasteiger charge is 2.01. The number of hydrogen-bond donors (Lipinski definition) is 1. The molecule has 0 amide bonds. The van der Waals surface area contributed by atoms with E-state index in [1.807, 2.05) is 66.9 Å². The monoisotopic (exact) mass is 323 g/mol. The van der Waals surface area contributed by atoms with Crippen LogP contribution >= 0.6 is 11.3 Å². The zero-order chi connectivity index (χ0) is 15.9. The van der Waals surface area contributed by atoms with Crippen LogP contribution in [0.1, 0.15) is 16.8 Å². The van der Waals surface area contributed by atoms with Gasteiger partial charge in [-0.1, -0.05) is 42.5 Å². The second-order valence-electron chi connectivity index (χ2n) is 4.98. The van der Waals surface area contributed by atoms with E-state index in [2.05, 4.69) is 15.5 Å². The van der Waals surface area contributed by atoms with E-state index in [-0.39, 0.29) is 0 Å². The Kier molecular flexibility index (Phi) is 5.01. The molecule has 1 N–H and O–H groups in total. The van der Waals surface area contributed by atoms with Crippen molar-refractivity contribution in [2.75, 3.05) is 5.43 Å². The Hall–Kier alpha value is -2.66. The molecule has 3 rings (SSSR count). The third-order valence-electron chi connectivity index (χ3n) is 3.14. The normalized spacial score (nSPS) is 10.8. The first-order valence-corrected chi connectivity index (χ1v) is 8.16. The predicted molar refractivity (Wildman–Crippen MR) is 95.3 cm³/mol. The highest BCUT2D eigenvalue weighted by atomic mass is 32.1. The van der Waals surface area contributed by atoms with Crippen molar-refractivity contribution in [1.82, 2.24) is 4.98 Å². The molecule has 0 spiro atoms. The number of ether oxygens (including phenoxy) is 1. The van der Waals surface area contributed by atoms with Crippen molar-refractivity contribution >= 4 is 22.7 Å². The Balaban J connectivity index is 1.65. The Morgan fingerprint density at radius 1 is 1.13 bits per heavy atom. The maximum atomic E-state index is 5.90.